The minimum absolute atomic E-state index is 0.202. The Morgan fingerprint density at radius 1 is 0.444 bits per heavy atom. The van der Waals surface area contributed by atoms with E-state index in [-0.39, 0.29) is 9.75 Å². The largest absolute Gasteiger partial charge is 0.515 e. The third-order valence-corrected chi connectivity index (χ3v) is 21.7. The maximum absolute atomic E-state index is 6.29. The fraction of sp³-hybridized carbons (Fsp3) is 1.00. The zero-order chi connectivity index (χ0) is 27.1. The molecule has 0 radical (unpaired) electrons. The van der Waals surface area contributed by atoms with Crippen molar-refractivity contribution >= 4 is 58.8 Å². The van der Waals surface area contributed by atoms with Crippen LogP contribution >= 0.6 is 41.2 Å². The van der Waals surface area contributed by atoms with Gasteiger partial charge in [0.15, 0.2) is 0 Å². The van der Waals surface area contributed by atoms with E-state index in [9.17, 15) is 0 Å². The molecule has 0 aromatic carbocycles. The summed E-state index contributed by atoms with van der Waals surface area (Å²) in [5.41, 5.74) is 0. The fourth-order valence-electron chi connectivity index (χ4n) is 3.87. The second-order valence-corrected chi connectivity index (χ2v) is 20.7. The zero-order valence-electron chi connectivity index (χ0n) is 24.1. The number of hydrogen-bond donors (Lipinski definition) is 0. The molecule has 0 heterocycles. The van der Waals surface area contributed by atoms with Crippen LogP contribution in [0.3, 0.4) is 0 Å². The minimum Gasteiger partial charge on any atom is -0.373 e. The van der Waals surface area contributed by atoms with Crippen molar-refractivity contribution in [2.45, 2.75) is 117 Å². The van der Waals surface area contributed by atoms with Crippen LogP contribution < -0.4 is 0 Å². The second kappa shape index (κ2) is 24.4. The predicted molar refractivity (Wildman–Crippen MR) is 167 cm³/mol. The molecule has 2 unspecified atom stereocenters. The Hall–Kier alpha value is 1.59. The molecule has 0 saturated heterocycles. The second-order valence-electron chi connectivity index (χ2n) is 8.10. The summed E-state index contributed by atoms with van der Waals surface area (Å²) in [5.74, 6) is 0. The SMILES string of the molecule is CCCCCC(SSSSC(CCCCC)[Si](OCC)(OCC)OCC)[Si](OCC)(OCC)OCC. The first-order valence-corrected chi connectivity index (χ1v) is 22.5. The molecular weight excluding hydrogens is 569 g/mol. The van der Waals surface area contributed by atoms with Crippen LogP contribution in [-0.4, -0.2) is 67.0 Å². The van der Waals surface area contributed by atoms with Gasteiger partial charge in [0.1, 0.15) is 0 Å². The Labute approximate surface area is 240 Å². The Morgan fingerprint density at radius 3 is 0.944 bits per heavy atom. The first kappa shape index (κ1) is 37.6. The Kier molecular flexibility index (Phi) is 25.5. The summed E-state index contributed by atoms with van der Waals surface area (Å²) in [7, 11) is 1.74. The van der Waals surface area contributed by atoms with Gasteiger partial charge < -0.3 is 26.6 Å². The van der Waals surface area contributed by atoms with E-state index < -0.39 is 17.6 Å². The van der Waals surface area contributed by atoms with Crippen molar-refractivity contribution in [2.24, 2.45) is 0 Å². The van der Waals surface area contributed by atoms with Crippen LogP contribution in [-0.2, 0) is 26.6 Å². The van der Waals surface area contributed by atoms with Crippen LogP contribution in [0.25, 0.3) is 0 Å². The van der Waals surface area contributed by atoms with Gasteiger partial charge in [-0.25, -0.2) is 0 Å². The van der Waals surface area contributed by atoms with Crippen molar-refractivity contribution in [3.8, 4) is 0 Å². The molecule has 0 amide bonds. The molecular formula is C24H54O6S4Si2. The summed E-state index contributed by atoms with van der Waals surface area (Å²) >= 11 is 0. The van der Waals surface area contributed by atoms with Gasteiger partial charge in [0.05, 0.1) is 9.75 Å². The van der Waals surface area contributed by atoms with Crippen molar-refractivity contribution in [3.05, 3.63) is 0 Å². The highest BCUT2D eigenvalue weighted by atomic mass is 33.7. The van der Waals surface area contributed by atoms with E-state index in [1.54, 1.807) is 0 Å². The first-order valence-electron chi connectivity index (χ1n) is 14.0. The summed E-state index contributed by atoms with van der Waals surface area (Å²) in [6.07, 6.45) is 9.20. The number of unbranched alkanes of at least 4 members (excludes halogenated alkanes) is 4. The van der Waals surface area contributed by atoms with E-state index in [0.717, 1.165) is 25.7 Å². The van der Waals surface area contributed by atoms with Crippen LogP contribution in [0.4, 0.5) is 0 Å². The van der Waals surface area contributed by atoms with E-state index in [0.29, 0.717) is 39.6 Å². The topological polar surface area (TPSA) is 55.4 Å². The summed E-state index contributed by atoms with van der Waals surface area (Å²) in [6.45, 7) is 20.3. The van der Waals surface area contributed by atoms with E-state index >= 15 is 0 Å². The zero-order valence-corrected chi connectivity index (χ0v) is 29.4. The van der Waals surface area contributed by atoms with Crippen LogP contribution in [0.15, 0.2) is 0 Å². The molecule has 0 spiro atoms. The molecule has 0 fully saturated rings. The molecule has 0 saturated carbocycles. The molecule has 0 aromatic rings. The van der Waals surface area contributed by atoms with Gasteiger partial charge in [-0.2, -0.15) is 0 Å². The van der Waals surface area contributed by atoms with Crippen LogP contribution in [0.2, 0.25) is 0 Å². The Balaban J connectivity index is 5.54. The molecule has 0 aliphatic carbocycles. The lowest BCUT2D eigenvalue weighted by molar-refractivity contribution is 0.0680. The lowest BCUT2D eigenvalue weighted by Crippen LogP contribution is -2.55. The van der Waals surface area contributed by atoms with Gasteiger partial charge in [0, 0.05) is 39.6 Å². The van der Waals surface area contributed by atoms with Crippen molar-refractivity contribution in [1.82, 2.24) is 0 Å². The van der Waals surface area contributed by atoms with Gasteiger partial charge in [-0.3, -0.25) is 0 Å². The normalized spacial score (nSPS) is 14.3. The maximum atomic E-state index is 6.29. The van der Waals surface area contributed by atoms with Crippen molar-refractivity contribution in [2.75, 3.05) is 39.6 Å². The van der Waals surface area contributed by atoms with Gasteiger partial charge in [-0.15, -0.1) is 0 Å². The number of rotatable bonds is 27. The van der Waals surface area contributed by atoms with Gasteiger partial charge >= 0.3 is 17.6 Å². The smallest absolute Gasteiger partial charge is 0.373 e. The van der Waals surface area contributed by atoms with Crippen LogP contribution in [0, 0.1) is 0 Å². The molecule has 2 atom stereocenters. The standard InChI is InChI=1S/C24H54O6S4Si2/c1-9-17-19-21-23(35(25-11-3,26-12-4)27-13-5)31-33-34-32-24(22-20-18-10-2)36(28-14-6,29-15-7)30-16-8/h23-24H,9-22H2,1-8H3. The highest BCUT2D eigenvalue weighted by molar-refractivity contribution is 9.26. The molecule has 0 aromatic heterocycles. The van der Waals surface area contributed by atoms with E-state index in [1.807, 2.05) is 82.8 Å². The maximum Gasteiger partial charge on any atom is 0.515 e. The highest BCUT2D eigenvalue weighted by Crippen LogP contribution is 2.51. The molecule has 0 aliphatic heterocycles. The fourth-order valence-corrected chi connectivity index (χ4v) is 21.6. The summed E-state index contributed by atoms with van der Waals surface area (Å²) in [6, 6.07) is 0. The lowest BCUT2D eigenvalue weighted by atomic mass is 10.2. The molecule has 36 heavy (non-hydrogen) atoms. The third kappa shape index (κ3) is 14.3. The Morgan fingerprint density at radius 2 is 0.722 bits per heavy atom. The first-order chi connectivity index (χ1) is 17.5. The average molecular weight is 623 g/mol. The van der Waals surface area contributed by atoms with E-state index in [1.165, 1.54) is 25.7 Å². The van der Waals surface area contributed by atoms with Crippen LogP contribution in [0.1, 0.15) is 107 Å². The highest BCUT2D eigenvalue weighted by Gasteiger charge is 2.51. The molecule has 0 bridgehead atoms. The molecule has 0 aliphatic rings. The third-order valence-electron chi connectivity index (χ3n) is 5.34. The van der Waals surface area contributed by atoms with Gasteiger partial charge in [0.2, 0.25) is 0 Å². The van der Waals surface area contributed by atoms with Crippen molar-refractivity contribution in [1.29, 1.82) is 0 Å². The minimum atomic E-state index is -2.80. The molecule has 0 rings (SSSR count). The summed E-state index contributed by atoms with van der Waals surface area (Å²) in [4.78, 5) is 0.404. The van der Waals surface area contributed by atoms with Gasteiger partial charge in [-0.05, 0) is 74.0 Å². The summed E-state index contributed by atoms with van der Waals surface area (Å²) < 4.78 is 37.7. The lowest BCUT2D eigenvalue weighted by Gasteiger charge is -2.35. The van der Waals surface area contributed by atoms with Crippen molar-refractivity contribution in [3.63, 3.8) is 0 Å². The van der Waals surface area contributed by atoms with E-state index in [2.05, 4.69) is 13.8 Å². The molecule has 218 valence electrons. The van der Waals surface area contributed by atoms with E-state index in [4.69, 9.17) is 26.6 Å². The number of hydrogen-bond acceptors (Lipinski definition) is 10. The predicted octanol–water partition coefficient (Wildman–Crippen LogP) is 8.74. The monoisotopic (exact) mass is 622 g/mol. The molecule has 12 heteroatoms. The average Bonchev–Trinajstić information content (AvgIpc) is 2.85. The molecule has 0 N–H and O–H groups in total. The molecule has 6 nitrogen and oxygen atoms in total. The van der Waals surface area contributed by atoms with Gasteiger partial charge in [0.25, 0.3) is 0 Å². The van der Waals surface area contributed by atoms with Gasteiger partial charge in [-0.1, -0.05) is 74.0 Å². The van der Waals surface area contributed by atoms with Crippen LogP contribution in [0.5, 0.6) is 0 Å². The quantitative estimate of drug-likeness (QED) is 0.0505. The summed E-state index contributed by atoms with van der Waals surface area (Å²) in [5, 5.41) is 0. The van der Waals surface area contributed by atoms with Crippen molar-refractivity contribution < 1.29 is 26.6 Å². The Bertz CT molecular complexity index is 423.